The molecule has 0 unspecified atom stereocenters. The molecule has 0 saturated carbocycles. The Morgan fingerprint density at radius 1 is 1.36 bits per heavy atom. The van der Waals surface area contributed by atoms with E-state index < -0.39 is 0 Å². The van der Waals surface area contributed by atoms with E-state index in [-0.39, 0.29) is 0 Å². The molecule has 55 valence electrons. The Bertz CT molecular complexity index is 304. The number of methoxy groups -OCH3 is 1. The van der Waals surface area contributed by atoms with Crippen LogP contribution in [0.2, 0.25) is 0 Å². The largest absolute Gasteiger partial charge is 0.497 e. The molecule has 0 bridgehead atoms. The molecule has 0 aliphatic carbocycles. The van der Waals surface area contributed by atoms with Crippen molar-refractivity contribution in [1.29, 1.82) is 0 Å². The molecule has 11 heavy (non-hydrogen) atoms. The van der Waals surface area contributed by atoms with E-state index in [0.29, 0.717) is 0 Å². The Hall–Kier alpha value is -1.44. The third-order valence-corrected chi connectivity index (χ3v) is 1.71. The molecule has 0 spiro atoms. The van der Waals surface area contributed by atoms with Crippen molar-refractivity contribution in [3.63, 3.8) is 0 Å². The molecule has 0 aromatic heterocycles. The summed E-state index contributed by atoms with van der Waals surface area (Å²) >= 11 is 0. The van der Waals surface area contributed by atoms with Gasteiger partial charge in [-0.15, -0.1) is 0 Å². The number of rotatable bonds is 1. The van der Waals surface area contributed by atoms with Crippen molar-refractivity contribution >= 4 is 11.8 Å². The van der Waals surface area contributed by atoms with Crippen LogP contribution < -0.4 is 10.1 Å². The lowest BCUT2D eigenvalue weighted by molar-refractivity contribution is 0.415. The lowest BCUT2D eigenvalue weighted by Crippen LogP contribution is -1.85. The Morgan fingerprint density at radius 3 is 3.09 bits per heavy atom. The highest BCUT2D eigenvalue weighted by Crippen LogP contribution is 2.27. The lowest BCUT2D eigenvalue weighted by atomic mass is 10.2. The molecule has 1 aliphatic rings. The first-order chi connectivity index (χ1) is 5.40. The fourth-order valence-corrected chi connectivity index (χ4v) is 1.10. The quantitative estimate of drug-likeness (QED) is 0.593. The van der Waals surface area contributed by atoms with Crippen LogP contribution in [0.4, 0.5) is 5.69 Å². The van der Waals surface area contributed by atoms with Gasteiger partial charge in [0, 0.05) is 17.8 Å². The number of benzene rings is 1. The van der Waals surface area contributed by atoms with Crippen molar-refractivity contribution in [1.82, 2.24) is 5.32 Å². The maximum atomic E-state index is 5.05. The van der Waals surface area contributed by atoms with Crippen molar-refractivity contribution in [2.75, 3.05) is 7.11 Å². The van der Waals surface area contributed by atoms with Crippen LogP contribution in [0.25, 0.3) is 6.08 Å². The molecular formula is C9H8NO. The van der Waals surface area contributed by atoms with E-state index >= 15 is 0 Å². The molecule has 1 aromatic rings. The summed E-state index contributed by atoms with van der Waals surface area (Å²) in [4.78, 5) is 0. The van der Waals surface area contributed by atoms with Crippen molar-refractivity contribution in [2.45, 2.75) is 0 Å². The van der Waals surface area contributed by atoms with E-state index in [2.05, 4.69) is 5.32 Å². The fraction of sp³-hybridized carbons (Fsp3) is 0.111. The third kappa shape index (κ3) is 0.963. The highest BCUT2D eigenvalue weighted by atomic mass is 16.5. The molecule has 0 atom stereocenters. The molecular weight excluding hydrogens is 138 g/mol. The van der Waals surface area contributed by atoms with Gasteiger partial charge >= 0.3 is 0 Å². The van der Waals surface area contributed by atoms with Gasteiger partial charge in [-0.1, -0.05) is 0 Å². The monoisotopic (exact) mass is 146 g/mol. The van der Waals surface area contributed by atoms with Crippen LogP contribution in [-0.4, -0.2) is 7.11 Å². The smallest absolute Gasteiger partial charge is 0.121 e. The molecule has 1 aromatic carbocycles. The summed E-state index contributed by atoms with van der Waals surface area (Å²) in [7, 11) is 1.66. The van der Waals surface area contributed by atoms with Crippen molar-refractivity contribution in [3.8, 4) is 5.75 Å². The van der Waals surface area contributed by atoms with E-state index in [1.165, 1.54) is 0 Å². The van der Waals surface area contributed by atoms with Crippen LogP contribution in [0, 0.1) is 0 Å². The fourth-order valence-electron chi connectivity index (χ4n) is 1.10. The van der Waals surface area contributed by atoms with E-state index in [1.807, 2.05) is 24.3 Å². The molecule has 0 saturated heterocycles. The van der Waals surface area contributed by atoms with Crippen molar-refractivity contribution in [3.05, 3.63) is 30.0 Å². The SMILES string of the molecule is COc1ccc2c(c1)[N]C=C2. The van der Waals surface area contributed by atoms with Crippen molar-refractivity contribution < 1.29 is 4.74 Å². The standard InChI is InChI=1S/C9H8NO/c1-11-8-3-2-7-4-5-10-9(7)6-8/h2-6H,1H3. The van der Waals surface area contributed by atoms with Gasteiger partial charge in [-0.25, -0.2) is 0 Å². The summed E-state index contributed by atoms with van der Waals surface area (Å²) in [6.45, 7) is 0. The van der Waals surface area contributed by atoms with E-state index in [1.54, 1.807) is 13.3 Å². The number of nitrogens with zero attached hydrogens (tertiary/aromatic N) is 1. The van der Waals surface area contributed by atoms with Gasteiger partial charge in [-0.3, -0.25) is 5.32 Å². The van der Waals surface area contributed by atoms with Gasteiger partial charge in [0.15, 0.2) is 0 Å². The molecule has 1 aliphatic heterocycles. The maximum Gasteiger partial charge on any atom is 0.121 e. The first-order valence-electron chi connectivity index (χ1n) is 3.45. The minimum Gasteiger partial charge on any atom is -0.497 e. The second kappa shape index (κ2) is 2.31. The van der Waals surface area contributed by atoms with Crippen LogP contribution in [0.1, 0.15) is 5.56 Å². The summed E-state index contributed by atoms with van der Waals surface area (Å²) in [5.74, 6) is 0.858. The molecule has 0 fully saturated rings. The Labute approximate surface area is 65.5 Å². The van der Waals surface area contributed by atoms with Crippen LogP contribution in [0.5, 0.6) is 5.75 Å². The van der Waals surface area contributed by atoms with Crippen molar-refractivity contribution in [2.24, 2.45) is 0 Å². The Morgan fingerprint density at radius 2 is 2.27 bits per heavy atom. The number of fused-ring (bicyclic) bond motifs is 1. The third-order valence-electron chi connectivity index (χ3n) is 1.71. The van der Waals surface area contributed by atoms with Gasteiger partial charge in [-0.05, 0) is 18.2 Å². The highest BCUT2D eigenvalue weighted by Gasteiger charge is 2.05. The number of hydrogen-bond donors (Lipinski definition) is 0. The van der Waals surface area contributed by atoms with Crippen LogP contribution in [-0.2, 0) is 0 Å². The molecule has 1 heterocycles. The zero-order valence-electron chi connectivity index (χ0n) is 6.24. The van der Waals surface area contributed by atoms with Gasteiger partial charge in [0.1, 0.15) is 5.75 Å². The highest BCUT2D eigenvalue weighted by molar-refractivity contribution is 5.70. The second-order valence-corrected chi connectivity index (χ2v) is 2.37. The predicted octanol–water partition coefficient (Wildman–Crippen LogP) is 1.92. The summed E-state index contributed by atoms with van der Waals surface area (Å²) in [5.41, 5.74) is 2.15. The van der Waals surface area contributed by atoms with E-state index in [4.69, 9.17) is 4.74 Å². The van der Waals surface area contributed by atoms with Gasteiger partial charge in [-0.2, -0.15) is 0 Å². The summed E-state index contributed by atoms with van der Waals surface area (Å²) in [5, 5.41) is 4.15. The molecule has 2 nitrogen and oxygen atoms in total. The van der Waals surface area contributed by atoms with Gasteiger partial charge < -0.3 is 4.74 Å². The van der Waals surface area contributed by atoms with Crippen LogP contribution >= 0.6 is 0 Å². The van der Waals surface area contributed by atoms with E-state index in [9.17, 15) is 0 Å². The number of ether oxygens (including phenoxy) is 1. The Balaban J connectivity index is 2.45. The summed E-state index contributed by atoms with van der Waals surface area (Å²) in [6, 6.07) is 5.86. The van der Waals surface area contributed by atoms with Gasteiger partial charge in [0.25, 0.3) is 0 Å². The lowest BCUT2D eigenvalue weighted by Gasteiger charge is -2.01. The molecule has 2 rings (SSSR count). The maximum absolute atomic E-state index is 5.05. The topological polar surface area (TPSA) is 23.3 Å². The second-order valence-electron chi connectivity index (χ2n) is 2.37. The zero-order valence-corrected chi connectivity index (χ0v) is 6.24. The number of hydrogen-bond acceptors (Lipinski definition) is 1. The Kier molecular flexibility index (Phi) is 1.32. The average molecular weight is 146 g/mol. The van der Waals surface area contributed by atoms with Crippen LogP contribution in [0.3, 0.4) is 0 Å². The van der Waals surface area contributed by atoms with Gasteiger partial charge in [0.05, 0.1) is 12.8 Å². The average Bonchev–Trinajstić information content (AvgIpc) is 2.50. The predicted molar refractivity (Wildman–Crippen MR) is 43.8 cm³/mol. The molecule has 0 amide bonds. The minimum absolute atomic E-state index is 0.858. The van der Waals surface area contributed by atoms with Crippen LogP contribution in [0.15, 0.2) is 24.4 Å². The molecule has 2 heteroatoms. The molecule has 1 radical (unpaired) electrons. The first kappa shape index (κ1) is 6.28. The minimum atomic E-state index is 0.858. The van der Waals surface area contributed by atoms with E-state index in [0.717, 1.165) is 17.0 Å². The zero-order chi connectivity index (χ0) is 7.68. The summed E-state index contributed by atoms with van der Waals surface area (Å²) < 4.78 is 5.05. The first-order valence-corrected chi connectivity index (χ1v) is 3.45. The normalized spacial score (nSPS) is 12.5. The summed E-state index contributed by atoms with van der Waals surface area (Å²) in [6.07, 6.45) is 3.78. The van der Waals surface area contributed by atoms with Gasteiger partial charge in [0.2, 0.25) is 0 Å². The molecule has 0 N–H and O–H groups in total.